The number of quaternary nitrogens is 1. The highest BCUT2D eigenvalue weighted by Gasteiger charge is 2.30. The van der Waals surface area contributed by atoms with Gasteiger partial charge in [-0.3, -0.25) is 18.6 Å². The molecule has 2 N–H and O–H groups in total. The van der Waals surface area contributed by atoms with E-state index in [2.05, 4.69) is 62.5 Å². The molecule has 9 nitrogen and oxygen atoms in total. The number of ether oxygens (including phenoxy) is 1. The second kappa shape index (κ2) is 57.2. The van der Waals surface area contributed by atoms with Crippen LogP contribution in [0.25, 0.3) is 0 Å². The van der Waals surface area contributed by atoms with Gasteiger partial charge in [0.2, 0.25) is 5.91 Å². The largest absolute Gasteiger partial charge is 0.472 e. The number of likely N-dealkylation sites (N-methyl/N-ethyl adjacent to an activating group) is 1. The van der Waals surface area contributed by atoms with Gasteiger partial charge in [0.05, 0.1) is 33.8 Å². The van der Waals surface area contributed by atoms with E-state index < -0.39 is 20.0 Å². The molecular formula is C67H128N2O7P+. The Morgan fingerprint density at radius 1 is 0.468 bits per heavy atom. The summed E-state index contributed by atoms with van der Waals surface area (Å²) in [7, 11) is 1.50. The number of esters is 1. The van der Waals surface area contributed by atoms with Gasteiger partial charge in [0.25, 0.3) is 0 Å². The molecule has 0 aliphatic rings. The highest BCUT2D eigenvalue weighted by molar-refractivity contribution is 7.47. The lowest BCUT2D eigenvalue weighted by Gasteiger charge is -2.27. The molecule has 0 saturated heterocycles. The minimum absolute atomic E-state index is 0.0387. The molecule has 0 aliphatic carbocycles. The van der Waals surface area contributed by atoms with Crippen molar-refractivity contribution in [1.82, 2.24) is 5.32 Å². The summed E-state index contributed by atoms with van der Waals surface area (Å²) in [5.41, 5.74) is 0. The molecule has 0 rings (SSSR count). The van der Waals surface area contributed by atoms with E-state index in [9.17, 15) is 19.0 Å². The lowest BCUT2D eigenvalue weighted by atomic mass is 10.0. The van der Waals surface area contributed by atoms with Crippen LogP contribution in [0.4, 0.5) is 0 Å². The number of nitrogens with one attached hydrogen (secondary N) is 1. The van der Waals surface area contributed by atoms with Crippen LogP contribution in [-0.4, -0.2) is 74.3 Å². The summed E-state index contributed by atoms with van der Waals surface area (Å²) in [5, 5.41) is 3.06. The summed E-state index contributed by atoms with van der Waals surface area (Å²) in [5.74, 6) is -0.505. The van der Waals surface area contributed by atoms with Crippen LogP contribution in [0.2, 0.25) is 0 Å². The molecule has 0 aliphatic heterocycles. The van der Waals surface area contributed by atoms with E-state index in [0.29, 0.717) is 23.9 Å². The molecule has 452 valence electrons. The summed E-state index contributed by atoms with van der Waals surface area (Å²) in [6.07, 6.45) is 71.2. The molecule has 0 heterocycles. The number of amides is 1. The van der Waals surface area contributed by atoms with Crippen LogP contribution in [0.15, 0.2) is 48.6 Å². The van der Waals surface area contributed by atoms with Crippen molar-refractivity contribution in [2.24, 2.45) is 0 Å². The second-order valence-electron chi connectivity index (χ2n) is 23.7. The molecule has 0 aromatic carbocycles. The van der Waals surface area contributed by atoms with Crippen LogP contribution < -0.4 is 5.32 Å². The van der Waals surface area contributed by atoms with Crippen LogP contribution in [0, 0.1) is 0 Å². The third-order valence-corrected chi connectivity index (χ3v) is 15.8. The lowest BCUT2D eigenvalue weighted by Crippen LogP contribution is -2.47. The summed E-state index contributed by atoms with van der Waals surface area (Å²) in [6, 6.07) is -0.853. The lowest BCUT2D eigenvalue weighted by molar-refractivity contribution is -0.870. The normalized spacial score (nSPS) is 13.9. The maximum Gasteiger partial charge on any atom is 0.472 e. The first kappa shape index (κ1) is 75.0. The minimum atomic E-state index is -4.45. The van der Waals surface area contributed by atoms with Gasteiger partial charge < -0.3 is 19.4 Å². The summed E-state index contributed by atoms with van der Waals surface area (Å²) in [6.45, 7) is 6.92. The van der Waals surface area contributed by atoms with E-state index in [1.807, 2.05) is 33.3 Å². The van der Waals surface area contributed by atoms with Gasteiger partial charge in [-0.2, -0.15) is 0 Å². The van der Waals surface area contributed by atoms with Crippen LogP contribution in [-0.2, 0) is 27.9 Å². The Morgan fingerprint density at radius 3 is 1.23 bits per heavy atom. The Morgan fingerprint density at radius 2 is 0.831 bits per heavy atom. The number of phosphoric acid groups is 1. The van der Waals surface area contributed by atoms with Crippen molar-refractivity contribution in [1.29, 1.82) is 0 Å². The van der Waals surface area contributed by atoms with E-state index in [0.717, 1.165) is 77.0 Å². The minimum Gasteiger partial charge on any atom is -0.456 e. The monoisotopic (exact) mass is 1100 g/mol. The van der Waals surface area contributed by atoms with Crippen molar-refractivity contribution >= 4 is 19.7 Å². The molecule has 0 aromatic rings. The van der Waals surface area contributed by atoms with Gasteiger partial charge in [0.15, 0.2) is 0 Å². The predicted octanol–water partition coefficient (Wildman–Crippen LogP) is 20.5. The van der Waals surface area contributed by atoms with Gasteiger partial charge in [-0.15, -0.1) is 0 Å². The Hall–Kier alpha value is -2.03. The number of unbranched alkanes of at least 4 members (excludes halogenated alkanes) is 40. The zero-order valence-corrected chi connectivity index (χ0v) is 52.6. The van der Waals surface area contributed by atoms with Gasteiger partial charge >= 0.3 is 13.8 Å². The zero-order chi connectivity index (χ0) is 56.4. The van der Waals surface area contributed by atoms with E-state index in [4.69, 9.17) is 13.8 Å². The van der Waals surface area contributed by atoms with Crippen molar-refractivity contribution in [3.63, 3.8) is 0 Å². The molecule has 0 radical (unpaired) electrons. The quantitative estimate of drug-likeness (QED) is 0.0156. The average Bonchev–Trinajstić information content (AvgIpc) is 3.39. The van der Waals surface area contributed by atoms with Crippen molar-refractivity contribution < 1.29 is 37.3 Å². The number of hydrogen-bond acceptors (Lipinski definition) is 6. The maximum atomic E-state index is 13.5. The topological polar surface area (TPSA) is 111 Å². The fourth-order valence-electron chi connectivity index (χ4n) is 9.77. The summed E-state index contributed by atoms with van der Waals surface area (Å²) < 4.78 is 30.7. The van der Waals surface area contributed by atoms with Crippen LogP contribution in [0.5, 0.6) is 0 Å². The first-order valence-electron chi connectivity index (χ1n) is 33.0. The Kier molecular flexibility index (Phi) is 55.7. The predicted molar refractivity (Wildman–Crippen MR) is 332 cm³/mol. The van der Waals surface area contributed by atoms with Crippen molar-refractivity contribution in [3.05, 3.63) is 48.6 Å². The Bertz CT molecular complexity index is 1460. The smallest absolute Gasteiger partial charge is 0.456 e. The SMILES string of the molecule is CC/C=C/C=C/C=C/CCCCCCCCCC(=O)NC(COP(=O)(O)OCC[N+](C)(C)C)C(/C=C\CCCCCCCCCCCCC)OC(=O)CCCCCCCCCCCCCCCCCCCCCCCCC. The average molecular weight is 1100 g/mol. The van der Waals surface area contributed by atoms with Gasteiger partial charge in [-0.05, 0) is 51.0 Å². The number of phosphoric ester groups is 1. The number of rotatable bonds is 60. The molecule has 3 atom stereocenters. The number of hydrogen-bond donors (Lipinski definition) is 2. The number of carbonyl (C=O) groups is 2. The van der Waals surface area contributed by atoms with E-state index in [1.54, 1.807) is 0 Å². The van der Waals surface area contributed by atoms with Gasteiger partial charge in [0, 0.05) is 12.8 Å². The zero-order valence-electron chi connectivity index (χ0n) is 51.7. The molecule has 77 heavy (non-hydrogen) atoms. The fraction of sp³-hybridized carbons (Fsp3) is 0.851. The molecule has 0 bridgehead atoms. The Balaban J connectivity index is 5.14. The van der Waals surface area contributed by atoms with Crippen molar-refractivity contribution in [3.8, 4) is 0 Å². The maximum absolute atomic E-state index is 13.5. The van der Waals surface area contributed by atoms with Crippen LogP contribution in [0.1, 0.15) is 316 Å². The van der Waals surface area contributed by atoms with Crippen molar-refractivity contribution in [2.45, 2.75) is 328 Å². The number of nitrogens with zero attached hydrogens (tertiary/aromatic N) is 1. The highest BCUT2D eigenvalue weighted by Crippen LogP contribution is 2.43. The molecule has 0 fully saturated rings. The van der Waals surface area contributed by atoms with Gasteiger partial charge in [-0.1, -0.05) is 301 Å². The second-order valence-corrected chi connectivity index (χ2v) is 25.1. The first-order chi connectivity index (χ1) is 37.4. The number of allylic oxidation sites excluding steroid dienone is 7. The van der Waals surface area contributed by atoms with E-state index >= 15 is 0 Å². The van der Waals surface area contributed by atoms with Crippen molar-refractivity contribution in [2.75, 3.05) is 40.9 Å². The van der Waals surface area contributed by atoms with Gasteiger partial charge in [-0.25, -0.2) is 4.57 Å². The van der Waals surface area contributed by atoms with Crippen LogP contribution >= 0.6 is 7.82 Å². The summed E-state index contributed by atoms with van der Waals surface area (Å²) >= 11 is 0. The van der Waals surface area contributed by atoms with E-state index in [-0.39, 0.29) is 25.1 Å². The molecule has 0 saturated carbocycles. The van der Waals surface area contributed by atoms with Gasteiger partial charge in [0.1, 0.15) is 19.3 Å². The molecule has 10 heteroatoms. The molecular weight excluding hydrogens is 976 g/mol. The third kappa shape index (κ3) is 58.4. The Labute approximate surface area is 478 Å². The third-order valence-electron chi connectivity index (χ3n) is 14.8. The first-order valence-corrected chi connectivity index (χ1v) is 34.5. The molecule has 1 amide bonds. The van der Waals surface area contributed by atoms with Crippen LogP contribution in [0.3, 0.4) is 0 Å². The molecule has 0 spiro atoms. The number of carbonyl (C=O) groups excluding carboxylic acids is 2. The standard InChI is InChI=1S/C67H127N2O7P/c1-7-10-13-16-19-22-25-28-30-31-32-33-34-35-36-37-39-42-45-48-51-54-57-60-67(71)76-65(58-55-52-49-46-43-40-27-24-21-18-15-12-9-3)64(63-75-77(72,73)74-62-61-69(4,5)6)68-66(70)59-56-53-50-47-44-41-38-29-26-23-20-17-14-11-8-2/h11,14,17,20,23,26,55,58,64-65H,7-10,12-13,15-16,18-19,21-22,24-25,27-54,56-57,59-63H2,1-6H3,(H-,68,70,72,73)/p+1/b14-11+,20-17+,26-23+,58-55-. The molecule has 3 unspecified atom stereocenters. The van der Waals surface area contributed by atoms with E-state index in [1.165, 1.54) is 205 Å². The molecule has 0 aromatic heterocycles. The highest BCUT2D eigenvalue weighted by atomic mass is 31.2. The summed E-state index contributed by atoms with van der Waals surface area (Å²) in [4.78, 5) is 37.8. The fourth-order valence-corrected chi connectivity index (χ4v) is 10.5.